The van der Waals surface area contributed by atoms with Crippen LogP contribution in [-0.2, 0) is 5.54 Å². The van der Waals surface area contributed by atoms with Crippen LogP contribution in [0.25, 0.3) is 0 Å². The number of nitrogens with zero attached hydrogens (tertiary/aromatic N) is 1. The zero-order chi connectivity index (χ0) is 14.5. The molecule has 4 N–H and O–H groups in total. The lowest BCUT2D eigenvalue weighted by Crippen LogP contribution is -2.49. The van der Waals surface area contributed by atoms with Gasteiger partial charge in [0, 0.05) is 0 Å². The average molecular weight is 294 g/mol. The summed E-state index contributed by atoms with van der Waals surface area (Å²) in [5, 5.41) is 12.7. The van der Waals surface area contributed by atoms with Gasteiger partial charge in [-0.05, 0) is 43.9 Å². The van der Waals surface area contributed by atoms with Crippen LogP contribution in [0.2, 0.25) is 0 Å². The van der Waals surface area contributed by atoms with Gasteiger partial charge in [0.25, 0.3) is 0 Å². The van der Waals surface area contributed by atoms with E-state index in [1.54, 1.807) is 0 Å². The molecule has 1 unspecified atom stereocenters. The van der Waals surface area contributed by atoms with Crippen molar-refractivity contribution in [3.8, 4) is 0 Å². The summed E-state index contributed by atoms with van der Waals surface area (Å²) in [5.74, 6) is 1.59. The van der Waals surface area contributed by atoms with Gasteiger partial charge in [0.1, 0.15) is 0 Å². The van der Waals surface area contributed by atoms with Crippen molar-refractivity contribution in [3.05, 3.63) is 6.92 Å². The van der Waals surface area contributed by atoms with Crippen molar-refractivity contribution >= 4 is 0 Å². The van der Waals surface area contributed by atoms with Crippen molar-refractivity contribution in [2.75, 3.05) is 0 Å². The van der Waals surface area contributed by atoms with Crippen LogP contribution in [0, 0.1) is 18.8 Å². The van der Waals surface area contributed by atoms with E-state index in [1.807, 2.05) is 0 Å². The Morgan fingerprint density at radius 1 is 0.857 bits per heavy atom. The van der Waals surface area contributed by atoms with Gasteiger partial charge >= 0.3 is 0 Å². The first-order chi connectivity index (χ1) is 10.4. The molecule has 1 atom stereocenters. The molecule has 0 spiro atoms. The first kappa shape index (κ1) is 14.9. The molecule has 1 heterocycles. The molecule has 2 saturated carbocycles. The molecule has 1 radical (unpaired) electrons. The second-order valence-corrected chi connectivity index (χ2v) is 7.07. The van der Waals surface area contributed by atoms with Gasteiger partial charge in [0.15, 0.2) is 0 Å². The lowest BCUT2D eigenvalue weighted by atomic mass is 9.65. The van der Waals surface area contributed by atoms with Crippen molar-refractivity contribution in [2.24, 2.45) is 11.8 Å². The molecule has 2 aliphatic carbocycles. The fourth-order valence-corrected chi connectivity index (χ4v) is 5.06. The van der Waals surface area contributed by atoms with Gasteiger partial charge in [0.2, 0.25) is 0 Å². The Morgan fingerprint density at radius 2 is 1.38 bits per heavy atom. The lowest BCUT2D eigenvalue weighted by molar-refractivity contribution is 0.0165. The van der Waals surface area contributed by atoms with E-state index >= 15 is 0 Å². The molecule has 0 bridgehead atoms. The van der Waals surface area contributed by atoms with Gasteiger partial charge < -0.3 is 0 Å². The van der Waals surface area contributed by atoms with E-state index in [1.165, 1.54) is 70.6 Å². The van der Waals surface area contributed by atoms with Crippen LogP contribution >= 0.6 is 0 Å². The molecule has 3 rings (SSSR count). The highest BCUT2D eigenvalue weighted by Crippen LogP contribution is 2.50. The zero-order valence-corrected chi connectivity index (χ0v) is 13.3. The number of aromatic nitrogens is 5. The maximum Gasteiger partial charge on any atom is 0.0866 e. The normalized spacial score (nSPS) is 24.2. The Balaban J connectivity index is 1.95. The Labute approximate surface area is 127 Å². The number of hydrogen-bond donors (Lipinski definition) is 4. The fraction of sp³-hybridized carbons (Fsp3) is 0.938. The quantitative estimate of drug-likeness (QED) is 0.601. The van der Waals surface area contributed by atoms with Crippen LogP contribution in [0.5, 0.6) is 0 Å². The maximum absolute atomic E-state index is 4.10. The molecular weight excluding hydrogens is 262 g/mol. The van der Waals surface area contributed by atoms with Gasteiger partial charge in [0.05, 0.1) is 5.54 Å². The topological polar surface area (TPSA) is 68.1 Å². The summed E-state index contributed by atoms with van der Waals surface area (Å²) in [6.45, 7) is 4.10. The van der Waals surface area contributed by atoms with E-state index in [9.17, 15) is 0 Å². The summed E-state index contributed by atoms with van der Waals surface area (Å²) in [6, 6.07) is 0. The van der Waals surface area contributed by atoms with Gasteiger partial charge in [-0.2, -0.15) is 4.80 Å². The van der Waals surface area contributed by atoms with Crippen molar-refractivity contribution in [1.82, 2.24) is 25.7 Å². The fourth-order valence-electron chi connectivity index (χ4n) is 5.06. The standard InChI is InChI=1S/C16H32N5/c1-2-3-13-16(15-11-7-8-12-15,21-19-17-18-20-21)14-9-5-4-6-10-14/h14-15,17-20H,1-13H2. The summed E-state index contributed by atoms with van der Waals surface area (Å²) >= 11 is 0. The van der Waals surface area contributed by atoms with Crippen LogP contribution in [0.4, 0.5) is 0 Å². The summed E-state index contributed by atoms with van der Waals surface area (Å²) in [6.07, 6.45) is 16.1. The summed E-state index contributed by atoms with van der Waals surface area (Å²) in [7, 11) is 0. The molecular formula is C16H32N5. The highest BCUT2D eigenvalue weighted by Gasteiger charge is 2.48. The highest BCUT2D eigenvalue weighted by atomic mass is 15.7. The summed E-state index contributed by atoms with van der Waals surface area (Å²) in [4.78, 5) is 2.27. The molecule has 0 saturated heterocycles. The van der Waals surface area contributed by atoms with E-state index < -0.39 is 0 Å². The van der Waals surface area contributed by atoms with E-state index in [0.717, 1.165) is 18.3 Å². The Hall–Kier alpha value is -1.00. The Kier molecular flexibility index (Phi) is 4.86. The third-order valence-electron chi connectivity index (χ3n) is 6.02. The molecule has 5 heteroatoms. The molecule has 0 aromatic carbocycles. The monoisotopic (exact) mass is 294 g/mol. The number of unbranched alkanes of at least 4 members (excludes halogenated alkanes) is 1. The first-order valence-corrected chi connectivity index (χ1v) is 8.98. The van der Waals surface area contributed by atoms with Crippen molar-refractivity contribution < 1.29 is 0 Å². The molecule has 0 aliphatic heterocycles. The van der Waals surface area contributed by atoms with E-state index in [0.29, 0.717) is 0 Å². The van der Waals surface area contributed by atoms with Crippen molar-refractivity contribution in [1.29, 1.82) is 0 Å². The molecule has 1 aromatic heterocycles. The first-order valence-electron chi connectivity index (χ1n) is 8.98. The van der Waals surface area contributed by atoms with Crippen molar-refractivity contribution in [3.63, 3.8) is 0 Å². The van der Waals surface area contributed by atoms with Gasteiger partial charge in [-0.15, -0.1) is 0 Å². The number of rotatable bonds is 6. The van der Waals surface area contributed by atoms with Gasteiger partial charge in [-0.3, -0.25) is 0 Å². The second-order valence-electron chi connectivity index (χ2n) is 7.07. The van der Waals surface area contributed by atoms with Gasteiger partial charge in [-0.25, -0.2) is 20.9 Å². The van der Waals surface area contributed by atoms with E-state index in [-0.39, 0.29) is 5.54 Å². The van der Waals surface area contributed by atoms with Gasteiger partial charge in [-0.1, -0.05) is 51.9 Å². The zero-order valence-electron chi connectivity index (χ0n) is 13.3. The lowest BCUT2D eigenvalue weighted by Gasteiger charge is -2.46. The van der Waals surface area contributed by atoms with E-state index in [4.69, 9.17) is 0 Å². The smallest absolute Gasteiger partial charge is 0.0866 e. The number of nitrogens with one attached hydrogen (secondary N) is 4. The Bertz CT molecular complexity index is 406. The summed E-state index contributed by atoms with van der Waals surface area (Å²) in [5.41, 5.74) is 0.227. The predicted molar refractivity (Wildman–Crippen MR) is 85.2 cm³/mol. The molecule has 2 aliphatic rings. The minimum atomic E-state index is 0.227. The molecule has 121 valence electrons. The molecule has 1 aromatic rings. The van der Waals surface area contributed by atoms with E-state index in [2.05, 4.69) is 32.6 Å². The third-order valence-corrected chi connectivity index (χ3v) is 6.02. The van der Waals surface area contributed by atoms with Crippen LogP contribution in [-0.4, -0.2) is 25.7 Å². The van der Waals surface area contributed by atoms with Crippen LogP contribution in [0.1, 0.15) is 77.0 Å². The van der Waals surface area contributed by atoms with Crippen LogP contribution in [0.3, 0.4) is 0 Å². The number of H-pyrrole nitrogens is 4. The Morgan fingerprint density at radius 3 is 1.90 bits per heavy atom. The largest absolute Gasteiger partial charge is 0.213 e. The van der Waals surface area contributed by atoms with Crippen LogP contribution < -0.4 is 0 Å². The SMILES string of the molecule is [CH2]CCCC(C1CCCCC1)(C1CCCC1)n1[nH][nH][nH][nH]1. The van der Waals surface area contributed by atoms with Crippen molar-refractivity contribution in [2.45, 2.75) is 82.6 Å². The maximum atomic E-state index is 4.10. The highest BCUT2D eigenvalue weighted by molar-refractivity contribution is 4.97. The second kappa shape index (κ2) is 6.84. The third kappa shape index (κ3) is 2.84. The minimum Gasteiger partial charge on any atom is -0.213 e. The number of hydrogen-bond acceptors (Lipinski definition) is 0. The average Bonchev–Trinajstić information content (AvgIpc) is 3.23. The summed E-state index contributed by atoms with van der Waals surface area (Å²) < 4.78 is 0. The molecule has 0 amide bonds. The number of aromatic amines is 4. The predicted octanol–water partition coefficient (Wildman–Crippen LogP) is 4.40. The molecule has 5 nitrogen and oxygen atoms in total. The molecule has 2 fully saturated rings. The molecule has 21 heavy (non-hydrogen) atoms. The minimum absolute atomic E-state index is 0.227. The van der Waals surface area contributed by atoms with Crippen LogP contribution in [0.15, 0.2) is 0 Å².